The molecule has 0 heterocycles. The van der Waals surface area contributed by atoms with Gasteiger partial charge in [-0.1, -0.05) is 12.1 Å². The van der Waals surface area contributed by atoms with Gasteiger partial charge in [-0.2, -0.15) is 0 Å². The first-order valence-electron chi connectivity index (χ1n) is 7.24. The van der Waals surface area contributed by atoms with Gasteiger partial charge in [-0.15, -0.1) is 0 Å². The molecule has 0 fully saturated rings. The second-order valence-electron chi connectivity index (χ2n) is 5.76. The number of esters is 1. The summed E-state index contributed by atoms with van der Waals surface area (Å²) < 4.78 is 10.2. The van der Waals surface area contributed by atoms with E-state index in [2.05, 4.69) is 10.6 Å². The fourth-order valence-corrected chi connectivity index (χ4v) is 1.66. The number of nitrogens with one attached hydrogen (secondary N) is 2. The third-order valence-corrected chi connectivity index (χ3v) is 2.48. The zero-order valence-electron chi connectivity index (χ0n) is 13.8. The van der Waals surface area contributed by atoms with Crippen molar-refractivity contribution in [2.45, 2.75) is 33.2 Å². The van der Waals surface area contributed by atoms with E-state index in [9.17, 15) is 14.4 Å². The highest BCUT2D eigenvalue weighted by Crippen LogP contribution is 2.18. The van der Waals surface area contributed by atoms with E-state index in [0.717, 1.165) is 0 Å². The average Bonchev–Trinajstić information content (AvgIpc) is 2.43. The van der Waals surface area contributed by atoms with Crippen LogP contribution >= 0.6 is 0 Å². The number of imide groups is 1. The van der Waals surface area contributed by atoms with Crippen LogP contribution < -0.4 is 15.4 Å². The summed E-state index contributed by atoms with van der Waals surface area (Å²) in [5.41, 5.74) is -0.251. The highest BCUT2D eigenvalue weighted by molar-refractivity contribution is 5.97. The Morgan fingerprint density at radius 1 is 1.13 bits per heavy atom. The molecule has 1 aromatic carbocycles. The van der Waals surface area contributed by atoms with Gasteiger partial charge < -0.3 is 14.8 Å². The minimum Gasteiger partial charge on any atom is -0.493 e. The van der Waals surface area contributed by atoms with Gasteiger partial charge in [0.25, 0.3) is 5.91 Å². The van der Waals surface area contributed by atoms with Crippen LogP contribution in [-0.2, 0) is 9.53 Å². The van der Waals surface area contributed by atoms with Gasteiger partial charge >= 0.3 is 12.0 Å². The Hall–Kier alpha value is -2.57. The first kappa shape index (κ1) is 18.5. The first-order valence-corrected chi connectivity index (χ1v) is 7.24. The molecule has 0 spiro atoms. The number of para-hydroxylation sites is 1. The van der Waals surface area contributed by atoms with Gasteiger partial charge in [0.1, 0.15) is 11.3 Å². The minimum atomic E-state index is -0.714. The molecule has 0 aliphatic rings. The number of rotatable bonds is 5. The lowest BCUT2D eigenvalue weighted by molar-refractivity contribution is -0.123. The van der Waals surface area contributed by atoms with Crippen molar-refractivity contribution < 1.29 is 23.9 Å². The molecule has 0 aromatic heterocycles. The Bertz CT molecular complexity index is 578. The molecule has 0 saturated heterocycles. The van der Waals surface area contributed by atoms with Gasteiger partial charge in [-0.3, -0.25) is 10.1 Å². The van der Waals surface area contributed by atoms with Crippen LogP contribution in [0.15, 0.2) is 24.3 Å². The molecule has 1 rings (SSSR count). The molecular formula is C16H22N2O5. The summed E-state index contributed by atoms with van der Waals surface area (Å²) >= 11 is 0. The molecule has 7 nitrogen and oxygen atoms in total. The summed E-state index contributed by atoms with van der Waals surface area (Å²) in [7, 11) is 0. The summed E-state index contributed by atoms with van der Waals surface area (Å²) in [5.74, 6) is -1.03. The second kappa shape index (κ2) is 8.17. The van der Waals surface area contributed by atoms with Crippen molar-refractivity contribution in [3.05, 3.63) is 29.8 Å². The third kappa shape index (κ3) is 6.82. The Morgan fingerprint density at radius 3 is 2.39 bits per heavy atom. The SMILES string of the molecule is CCOc1ccccc1C(=O)OCC(=O)NC(=O)NC(C)(C)C. The molecule has 0 radical (unpaired) electrons. The van der Waals surface area contributed by atoms with Gasteiger partial charge in [0.2, 0.25) is 0 Å². The average molecular weight is 322 g/mol. The number of hydrogen-bond acceptors (Lipinski definition) is 5. The van der Waals surface area contributed by atoms with Gasteiger partial charge in [-0.25, -0.2) is 9.59 Å². The maximum Gasteiger partial charge on any atom is 0.342 e. The predicted molar refractivity (Wildman–Crippen MR) is 84.3 cm³/mol. The topological polar surface area (TPSA) is 93.7 Å². The van der Waals surface area contributed by atoms with Gasteiger partial charge in [0.05, 0.1) is 6.61 Å². The lowest BCUT2D eigenvalue weighted by Crippen LogP contribution is -2.49. The second-order valence-corrected chi connectivity index (χ2v) is 5.76. The number of urea groups is 1. The minimum absolute atomic E-state index is 0.223. The summed E-state index contributed by atoms with van der Waals surface area (Å²) in [6.07, 6.45) is 0. The predicted octanol–water partition coefficient (Wildman–Crippen LogP) is 1.87. The van der Waals surface area contributed by atoms with Crippen LogP contribution in [0.5, 0.6) is 5.75 Å². The summed E-state index contributed by atoms with van der Waals surface area (Å²) in [4.78, 5) is 35.1. The van der Waals surface area contributed by atoms with Gasteiger partial charge in [-0.05, 0) is 39.8 Å². The fourth-order valence-electron chi connectivity index (χ4n) is 1.66. The van der Waals surface area contributed by atoms with E-state index in [0.29, 0.717) is 12.4 Å². The van der Waals surface area contributed by atoms with Gasteiger partial charge in [0.15, 0.2) is 6.61 Å². The number of carbonyl (C=O) groups excluding carboxylic acids is 3. The summed E-state index contributed by atoms with van der Waals surface area (Å²) in [5, 5.41) is 4.65. The summed E-state index contributed by atoms with van der Waals surface area (Å²) in [6, 6.07) is 5.92. The van der Waals surface area contributed by atoms with E-state index in [1.807, 2.05) is 0 Å². The molecule has 0 unspecified atom stereocenters. The molecule has 0 bridgehead atoms. The highest BCUT2D eigenvalue weighted by Gasteiger charge is 2.18. The molecule has 0 aliphatic carbocycles. The van der Waals surface area contributed by atoms with Crippen molar-refractivity contribution in [1.82, 2.24) is 10.6 Å². The zero-order chi connectivity index (χ0) is 17.5. The number of benzene rings is 1. The van der Waals surface area contributed by atoms with Crippen molar-refractivity contribution in [2.75, 3.05) is 13.2 Å². The first-order chi connectivity index (χ1) is 10.7. The molecule has 126 valence electrons. The molecule has 3 amide bonds. The largest absolute Gasteiger partial charge is 0.493 e. The van der Waals surface area contributed by atoms with Crippen LogP contribution in [0, 0.1) is 0 Å². The van der Waals surface area contributed by atoms with Crippen molar-refractivity contribution in [1.29, 1.82) is 0 Å². The number of carbonyl (C=O) groups is 3. The Balaban J connectivity index is 2.53. The number of amides is 3. The van der Waals surface area contributed by atoms with E-state index in [4.69, 9.17) is 9.47 Å². The van der Waals surface area contributed by atoms with E-state index in [1.165, 1.54) is 6.07 Å². The molecule has 0 aliphatic heterocycles. The smallest absolute Gasteiger partial charge is 0.342 e. The summed E-state index contributed by atoms with van der Waals surface area (Å²) in [6.45, 7) is 6.98. The maximum absolute atomic E-state index is 12.0. The van der Waals surface area contributed by atoms with E-state index in [-0.39, 0.29) is 5.56 Å². The lowest BCUT2D eigenvalue weighted by Gasteiger charge is -2.20. The molecule has 0 saturated carbocycles. The van der Waals surface area contributed by atoms with E-state index >= 15 is 0 Å². The highest BCUT2D eigenvalue weighted by atomic mass is 16.5. The zero-order valence-corrected chi connectivity index (χ0v) is 13.8. The van der Waals surface area contributed by atoms with Crippen LogP contribution in [0.4, 0.5) is 4.79 Å². The van der Waals surface area contributed by atoms with Gasteiger partial charge in [0, 0.05) is 5.54 Å². The quantitative estimate of drug-likeness (QED) is 0.807. The molecule has 0 atom stereocenters. The van der Waals surface area contributed by atoms with Crippen molar-refractivity contribution >= 4 is 17.9 Å². The molecule has 1 aromatic rings. The fraction of sp³-hybridized carbons (Fsp3) is 0.438. The van der Waals surface area contributed by atoms with Crippen LogP contribution in [0.2, 0.25) is 0 Å². The van der Waals surface area contributed by atoms with Crippen LogP contribution in [0.1, 0.15) is 38.1 Å². The van der Waals surface area contributed by atoms with Crippen molar-refractivity contribution in [2.24, 2.45) is 0 Å². The standard InChI is InChI=1S/C16H22N2O5/c1-5-22-12-9-7-6-8-11(12)14(20)23-10-13(19)17-15(21)18-16(2,3)4/h6-9H,5,10H2,1-4H3,(H2,17,18,19,21). The monoisotopic (exact) mass is 322 g/mol. The number of hydrogen-bond donors (Lipinski definition) is 2. The molecule has 23 heavy (non-hydrogen) atoms. The van der Waals surface area contributed by atoms with E-state index in [1.54, 1.807) is 45.9 Å². The molecule has 2 N–H and O–H groups in total. The Kier molecular flexibility index (Phi) is 6.56. The van der Waals surface area contributed by atoms with Crippen molar-refractivity contribution in [3.63, 3.8) is 0 Å². The molecular weight excluding hydrogens is 300 g/mol. The molecule has 7 heteroatoms. The maximum atomic E-state index is 12.0. The Morgan fingerprint density at radius 2 is 1.78 bits per heavy atom. The van der Waals surface area contributed by atoms with E-state index < -0.39 is 30.1 Å². The number of ether oxygens (including phenoxy) is 2. The van der Waals surface area contributed by atoms with Crippen LogP contribution in [-0.4, -0.2) is 36.7 Å². The lowest BCUT2D eigenvalue weighted by atomic mass is 10.1. The third-order valence-electron chi connectivity index (χ3n) is 2.48. The van der Waals surface area contributed by atoms with Crippen molar-refractivity contribution in [3.8, 4) is 5.75 Å². The normalized spacial score (nSPS) is 10.6. The van der Waals surface area contributed by atoms with Crippen LogP contribution in [0.25, 0.3) is 0 Å². The Labute approximate surface area is 135 Å². The van der Waals surface area contributed by atoms with Crippen LogP contribution in [0.3, 0.4) is 0 Å².